The van der Waals surface area contributed by atoms with Gasteiger partial charge in [-0.2, -0.15) is 0 Å². The van der Waals surface area contributed by atoms with E-state index in [0.717, 1.165) is 17.8 Å². The first-order chi connectivity index (χ1) is 9.67. The van der Waals surface area contributed by atoms with Crippen LogP contribution in [0.5, 0.6) is 0 Å². The van der Waals surface area contributed by atoms with Gasteiger partial charge in [-0.15, -0.1) is 0 Å². The second-order valence-electron chi connectivity index (χ2n) is 5.82. The number of rotatable bonds is 6. The fraction of sp³-hybridized carbons (Fsp3) is 0.900. The van der Waals surface area contributed by atoms with Gasteiger partial charge in [-0.3, -0.25) is 0 Å². The molecule has 1 aliphatic carbocycles. The van der Waals surface area contributed by atoms with Gasteiger partial charge < -0.3 is 0 Å². The van der Waals surface area contributed by atoms with Crippen molar-refractivity contribution < 1.29 is 0 Å². The van der Waals surface area contributed by atoms with Crippen LogP contribution in [0, 0.1) is 17.8 Å². The molecule has 1 aliphatic rings. The van der Waals surface area contributed by atoms with Crippen LogP contribution in [0.1, 0.15) is 100 Å². The zero-order chi connectivity index (χ0) is 16.0. The largest absolute Gasteiger partial charge is 0.0822 e. The molecule has 0 saturated carbocycles. The molecule has 0 aromatic carbocycles. The van der Waals surface area contributed by atoms with Crippen molar-refractivity contribution in [2.75, 3.05) is 0 Å². The third kappa shape index (κ3) is 9.61. The molecule has 3 atom stereocenters. The lowest BCUT2D eigenvalue weighted by Gasteiger charge is -2.27. The predicted octanol–water partition coefficient (Wildman–Crippen LogP) is 7.64. The van der Waals surface area contributed by atoms with E-state index in [9.17, 15) is 0 Å². The molecule has 122 valence electrons. The summed E-state index contributed by atoms with van der Waals surface area (Å²) in [7, 11) is 0. The Morgan fingerprint density at radius 2 is 1.65 bits per heavy atom. The van der Waals surface area contributed by atoms with Gasteiger partial charge in [0.05, 0.1) is 0 Å². The van der Waals surface area contributed by atoms with E-state index in [1.54, 1.807) is 5.57 Å². The first-order valence-electron chi connectivity index (χ1n) is 9.37. The molecule has 0 N–H and O–H groups in total. The van der Waals surface area contributed by atoms with Crippen LogP contribution in [-0.4, -0.2) is 0 Å². The highest BCUT2D eigenvalue weighted by atomic mass is 14.2. The smallest absolute Gasteiger partial charge is 0.0231 e. The quantitative estimate of drug-likeness (QED) is 0.439. The summed E-state index contributed by atoms with van der Waals surface area (Å²) in [5.74, 6) is 2.63. The first-order valence-corrected chi connectivity index (χ1v) is 9.37. The minimum Gasteiger partial charge on any atom is -0.0822 e. The molecule has 3 unspecified atom stereocenters. The minimum atomic E-state index is 0.829. The third-order valence-corrected chi connectivity index (χ3v) is 4.25. The zero-order valence-electron chi connectivity index (χ0n) is 15.8. The van der Waals surface area contributed by atoms with E-state index >= 15 is 0 Å². The van der Waals surface area contributed by atoms with E-state index < -0.39 is 0 Å². The van der Waals surface area contributed by atoms with E-state index in [2.05, 4.69) is 33.8 Å². The Hall–Kier alpha value is -0.260. The van der Waals surface area contributed by atoms with Gasteiger partial charge >= 0.3 is 0 Å². The Labute approximate surface area is 130 Å². The van der Waals surface area contributed by atoms with Crippen LogP contribution in [0.15, 0.2) is 11.6 Å². The van der Waals surface area contributed by atoms with Gasteiger partial charge in [0.15, 0.2) is 0 Å². The summed E-state index contributed by atoms with van der Waals surface area (Å²) in [5, 5.41) is 0. The van der Waals surface area contributed by atoms with E-state index in [-0.39, 0.29) is 0 Å². The first kappa shape index (κ1) is 22.0. The summed E-state index contributed by atoms with van der Waals surface area (Å²) in [4.78, 5) is 0. The van der Waals surface area contributed by atoms with Gasteiger partial charge in [0.1, 0.15) is 0 Å². The molecular weight excluding hydrogens is 240 g/mol. The molecule has 0 heteroatoms. The van der Waals surface area contributed by atoms with Gasteiger partial charge in [-0.25, -0.2) is 0 Å². The standard InChI is InChI=1S/C16H30.2C2H6/c1-5-7-8-15(6-2)12-16-11-13(3)9-10-14(16)4;2*1-2/h11,13-15H,5-10,12H2,1-4H3;2*1-2H3. The third-order valence-electron chi connectivity index (χ3n) is 4.25. The van der Waals surface area contributed by atoms with E-state index in [0.29, 0.717) is 0 Å². The van der Waals surface area contributed by atoms with Crippen molar-refractivity contribution in [3.63, 3.8) is 0 Å². The minimum absolute atomic E-state index is 0.829. The Kier molecular flexibility index (Phi) is 16.7. The lowest BCUT2D eigenvalue weighted by atomic mass is 9.79. The Morgan fingerprint density at radius 1 is 1.05 bits per heavy atom. The molecule has 0 bridgehead atoms. The average molecular weight is 283 g/mol. The van der Waals surface area contributed by atoms with Crippen LogP contribution in [0.2, 0.25) is 0 Å². The fourth-order valence-corrected chi connectivity index (χ4v) is 2.86. The van der Waals surface area contributed by atoms with Crippen molar-refractivity contribution in [1.82, 2.24) is 0 Å². The Bertz CT molecular complexity index is 214. The maximum Gasteiger partial charge on any atom is -0.0231 e. The molecule has 1 rings (SSSR count). The van der Waals surface area contributed by atoms with Crippen molar-refractivity contribution in [1.29, 1.82) is 0 Å². The van der Waals surface area contributed by atoms with Crippen LogP contribution >= 0.6 is 0 Å². The molecule has 0 fully saturated rings. The van der Waals surface area contributed by atoms with Crippen molar-refractivity contribution >= 4 is 0 Å². The van der Waals surface area contributed by atoms with Crippen LogP contribution in [0.25, 0.3) is 0 Å². The van der Waals surface area contributed by atoms with E-state index in [1.165, 1.54) is 44.9 Å². The van der Waals surface area contributed by atoms with Gasteiger partial charge in [0.25, 0.3) is 0 Å². The average Bonchev–Trinajstić information content (AvgIpc) is 2.51. The van der Waals surface area contributed by atoms with Crippen molar-refractivity contribution in [2.24, 2.45) is 17.8 Å². The Balaban J connectivity index is 0. The van der Waals surface area contributed by atoms with Crippen molar-refractivity contribution in [2.45, 2.75) is 100 Å². The summed E-state index contributed by atoms with van der Waals surface area (Å²) in [5.41, 5.74) is 1.77. The molecule has 0 nitrogen and oxygen atoms in total. The monoisotopic (exact) mass is 282 g/mol. The summed E-state index contributed by atoms with van der Waals surface area (Å²) >= 11 is 0. The molecule has 20 heavy (non-hydrogen) atoms. The predicted molar refractivity (Wildman–Crippen MR) is 96.3 cm³/mol. The highest BCUT2D eigenvalue weighted by Gasteiger charge is 2.19. The molecule has 0 radical (unpaired) electrons. The van der Waals surface area contributed by atoms with E-state index in [1.807, 2.05) is 27.7 Å². The highest BCUT2D eigenvalue weighted by Crippen LogP contribution is 2.33. The molecular formula is C20H42. The summed E-state index contributed by atoms with van der Waals surface area (Å²) < 4.78 is 0. The van der Waals surface area contributed by atoms with Crippen LogP contribution in [0.4, 0.5) is 0 Å². The summed E-state index contributed by atoms with van der Waals surface area (Å²) in [6, 6.07) is 0. The van der Waals surface area contributed by atoms with Crippen molar-refractivity contribution in [3.05, 3.63) is 11.6 Å². The Morgan fingerprint density at radius 3 is 2.15 bits per heavy atom. The van der Waals surface area contributed by atoms with Gasteiger partial charge in [0, 0.05) is 0 Å². The number of unbranched alkanes of at least 4 members (excludes halogenated alkanes) is 1. The fourth-order valence-electron chi connectivity index (χ4n) is 2.86. The van der Waals surface area contributed by atoms with Gasteiger partial charge in [0.2, 0.25) is 0 Å². The molecule has 0 aromatic heterocycles. The van der Waals surface area contributed by atoms with Crippen molar-refractivity contribution in [3.8, 4) is 0 Å². The number of hydrogen-bond donors (Lipinski definition) is 0. The zero-order valence-corrected chi connectivity index (χ0v) is 15.8. The lowest BCUT2D eigenvalue weighted by molar-refractivity contribution is 0.398. The van der Waals surface area contributed by atoms with Crippen LogP contribution in [0.3, 0.4) is 0 Å². The highest BCUT2D eigenvalue weighted by molar-refractivity contribution is 5.11. The topological polar surface area (TPSA) is 0 Å². The van der Waals surface area contributed by atoms with Crippen LogP contribution in [-0.2, 0) is 0 Å². The SMILES string of the molecule is CC.CC.CCCCC(CC)CC1=CC(C)CCC1C. The maximum atomic E-state index is 2.57. The molecule has 0 aromatic rings. The number of hydrogen-bond acceptors (Lipinski definition) is 0. The molecule has 0 aliphatic heterocycles. The summed E-state index contributed by atoms with van der Waals surface area (Å²) in [6.45, 7) is 17.5. The second-order valence-corrected chi connectivity index (χ2v) is 5.82. The second kappa shape index (κ2) is 15.1. The normalized spacial score (nSPS) is 22.7. The number of allylic oxidation sites excluding steroid dienone is 2. The van der Waals surface area contributed by atoms with Crippen LogP contribution < -0.4 is 0 Å². The van der Waals surface area contributed by atoms with Gasteiger partial charge in [-0.05, 0) is 37.0 Å². The lowest BCUT2D eigenvalue weighted by Crippen LogP contribution is -2.13. The van der Waals surface area contributed by atoms with Gasteiger partial charge in [-0.1, -0.05) is 92.7 Å². The summed E-state index contributed by atoms with van der Waals surface area (Å²) in [6.07, 6.45) is 12.3. The molecule has 0 spiro atoms. The molecule has 0 amide bonds. The van der Waals surface area contributed by atoms with E-state index in [4.69, 9.17) is 0 Å². The maximum absolute atomic E-state index is 2.57. The molecule has 0 heterocycles. The molecule has 0 saturated heterocycles.